The first kappa shape index (κ1) is 27.1. The predicted octanol–water partition coefficient (Wildman–Crippen LogP) is 4.15. The lowest BCUT2D eigenvalue weighted by Gasteiger charge is -2.34. The zero-order valence-electron chi connectivity index (χ0n) is 23.2. The molecule has 0 spiro atoms. The van der Waals surface area contributed by atoms with E-state index < -0.39 is 4.92 Å². The van der Waals surface area contributed by atoms with Crippen LogP contribution < -0.4 is 18.9 Å². The Labute approximate surface area is 241 Å². The van der Waals surface area contributed by atoms with Crippen molar-refractivity contribution in [2.24, 2.45) is 0 Å². The molecule has 1 saturated heterocycles. The van der Waals surface area contributed by atoms with Crippen LogP contribution in [-0.2, 0) is 6.54 Å². The lowest BCUT2D eigenvalue weighted by molar-refractivity contribution is -0.384. The van der Waals surface area contributed by atoms with Gasteiger partial charge in [0.25, 0.3) is 11.6 Å². The minimum atomic E-state index is -0.463. The fourth-order valence-corrected chi connectivity index (χ4v) is 5.16. The normalized spacial score (nSPS) is 14.6. The van der Waals surface area contributed by atoms with Crippen molar-refractivity contribution in [3.05, 3.63) is 88.1 Å². The van der Waals surface area contributed by atoms with Crippen LogP contribution in [0.5, 0.6) is 23.0 Å². The van der Waals surface area contributed by atoms with Crippen LogP contribution in [0, 0.1) is 10.1 Å². The van der Waals surface area contributed by atoms with Crippen LogP contribution in [0.15, 0.2) is 66.7 Å². The van der Waals surface area contributed by atoms with Crippen molar-refractivity contribution >= 4 is 11.6 Å². The molecule has 1 amide bonds. The van der Waals surface area contributed by atoms with Gasteiger partial charge in [-0.05, 0) is 48.0 Å². The molecule has 216 valence electrons. The highest BCUT2D eigenvalue weighted by Crippen LogP contribution is 2.35. The maximum Gasteiger partial charge on any atom is 0.272 e. The molecule has 6 rings (SSSR count). The Bertz CT molecular complexity index is 1630. The summed E-state index contributed by atoms with van der Waals surface area (Å²) in [6.45, 7) is 3.45. The van der Waals surface area contributed by atoms with E-state index in [0.717, 1.165) is 23.6 Å². The molecule has 42 heavy (non-hydrogen) atoms. The number of hydrogen-bond acceptors (Lipinski definition) is 9. The van der Waals surface area contributed by atoms with Gasteiger partial charge in [-0.1, -0.05) is 6.07 Å². The number of hydrogen-bond donors (Lipinski definition) is 0. The van der Waals surface area contributed by atoms with Crippen LogP contribution >= 0.6 is 0 Å². The number of nitro benzene ring substituents is 1. The molecule has 0 N–H and O–H groups in total. The Morgan fingerprint density at radius 2 is 1.69 bits per heavy atom. The van der Waals surface area contributed by atoms with Gasteiger partial charge in [0.2, 0.25) is 6.79 Å². The van der Waals surface area contributed by atoms with Crippen molar-refractivity contribution in [1.29, 1.82) is 0 Å². The number of piperazine rings is 1. The van der Waals surface area contributed by atoms with Gasteiger partial charge in [0, 0.05) is 56.5 Å². The SMILES string of the molecule is COc1ccc(-c2cc(C(=O)N3CCN(Cc4ccc5c(c4)OCO5)CC3)n(-c3ccc([N+](=O)[O-])cc3)n2)c(OC)c1. The Morgan fingerprint density at radius 1 is 0.929 bits per heavy atom. The van der Waals surface area contributed by atoms with E-state index in [2.05, 4.69) is 4.90 Å². The molecule has 0 unspecified atom stereocenters. The summed E-state index contributed by atoms with van der Waals surface area (Å²) in [5.74, 6) is 2.50. The minimum absolute atomic E-state index is 0.0468. The number of carbonyl (C=O) groups is 1. The van der Waals surface area contributed by atoms with Gasteiger partial charge >= 0.3 is 0 Å². The summed E-state index contributed by atoms with van der Waals surface area (Å²) in [7, 11) is 3.13. The molecule has 2 aliphatic heterocycles. The summed E-state index contributed by atoms with van der Waals surface area (Å²) in [5, 5.41) is 16.0. The van der Waals surface area contributed by atoms with Crippen LogP contribution in [0.1, 0.15) is 16.1 Å². The molecule has 0 radical (unpaired) electrons. The van der Waals surface area contributed by atoms with E-state index in [1.54, 1.807) is 44.6 Å². The number of carbonyl (C=O) groups excluding carboxylic acids is 1. The second kappa shape index (κ2) is 11.4. The van der Waals surface area contributed by atoms with Crippen LogP contribution in [0.2, 0.25) is 0 Å². The van der Waals surface area contributed by atoms with E-state index in [-0.39, 0.29) is 18.4 Å². The lowest BCUT2D eigenvalue weighted by Crippen LogP contribution is -2.48. The van der Waals surface area contributed by atoms with Crippen molar-refractivity contribution in [1.82, 2.24) is 19.6 Å². The highest BCUT2D eigenvalue weighted by Gasteiger charge is 2.27. The molecular formula is C30H29N5O7. The van der Waals surface area contributed by atoms with Gasteiger partial charge in [0.05, 0.1) is 30.5 Å². The van der Waals surface area contributed by atoms with Gasteiger partial charge in [-0.2, -0.15) is 5.10 Å². The van der Waals surface area contributed by atoms with Gasteiger partial charge in [-0.3, -0.25) is 19.8 Å². The smallest absolute Gasteiger partial charge is 0.272 e. The fraction of sp³-hybridized carbons (Fsp3) is 0.267. The Morgan fingerprint density at radius 3 is 2.40 bits per heavy atom. The molecule has 1 fully saturated rings. The molecule has 0 atom stereocenters. The first-order chi connectivity index (χ1) is 20.4. The fourth-order valence-electron chi connectivity index (χ4n) is 5.16. The summed E-state index contributed by atoms with van der Waals surface area (Å²) >= 11 is 0. The van der Waals surface area contributed by atoms with Crippen LogP contribution in [0.4, 0.5) is 5.69 Å². The summed E-state index contributed by atoms with van der Waals surface area (Å²) < 4.78 is 23.3. The molecule has 12 nitrogen and oxygen atoms in total. The quantitative estimate of drug-likeness (QED) is 0.227. The van der Waals surface area contributed by atoms with Gasteiger partial charge < -0.3 is 23.8 Å². The minimum Gasteiger partial charge on any atom is -0.497 e. The Hall–Kier alpha value is -5.10. The average molecular weight is 572 g/mol. The second-order valence-corrected chi connectivity index (χ2v) is 9.92. The van der Waals surface area contributed by atoms with E-state index in [9.17, 15) is 14.9 Å². The maximum atomic E-state index is 13.9. The van der Waals surface area contributed by atoms with Crippen molar-refractivity contribution in [2.75, 3.05) is 47.2 Å². The molecule has 1 aromatic heterocycles. The molecule has 3 heterocycles. The molecule has 4 aromatic rings. The highest BCUT2D eigenvalue weighted by atomic mass is 16.7. The molecular weight excluding hydrogens is 542 g/mol. The number of nitrogens with zero attached hydrogens (tertiary/aromatic N) is 5. The van der Waals surface area contributed by atoms with Gasteiger partial charge in [0.15, 0.2) is 11.5 Å². The summed E-state index contributed by atoms with van der Waals surface area (Å²) in [6, 6.07) is 19.0. The van der Waals surface area contributed by atoms with E-state index in [0.29, 0.717) is 60.3 Å². The summed E-state index contributed by atoms with van der Waals surface area (Å²) in [6.07, 6.45) is 0. The van der Waals surface area contributed by atoms with E-state index in [1.807, 2.05) is 29.2 Å². The van der Waals surface area contributed by atoms with E-state index in [1.165, 1.54) is 16.8 Å². The monoisotopic (exact) mass is 571 g/mol. The van der Waals surface area contributed by atoms with E-state index in [4.69, 9.17) is 24.0 Å². The van der Waals surface area contributed by atoms with Crippen molar-refractivity contribution in [2.45, 2.75) is 6.54 Å². The second-order valence-electron chi connectivity index (χ2n) is 9.92. The van der Waals surface area contributed by atoms with Crippen LogP contribution in [-0.4, -0.2) is 77.6 Å². The third-order valence-corrected chi connectivity index (χ3v) is 7.42. The molecule has 12 heteroatoms. The van der Waals surface area contributed by atoms with Crippen molar-refractivity contribution < 1.29 is 28.7 Å². The third-order valence-electron chi connectivity index (χ3n) is 7.42. The number of aromatic nitrogens is 2. The third kappa shape index (κ3) is 5.31. The van der Waals surface area contributed by atoms with Gasteiger partial charge in [-0.15, -0.1) is 0 Å². The van der Waals surface area contributed by atoms with Crippen LogP contribution in [0.25, 0.3) is 16.9 Å². The molecule has 0 bridgehead atoms. The number of nitro groups is 1. The summed E-state index contributed by atoms with van der Waals surface area (Å²) in [4.78, 5) is 28.8. The van der Waals surface area contributed by atoms with E-state index >= 15 is 0 Å². The van der Waals surface area contributed by atoms with Crippen molar-refractivity contribution in [3.63, 3.8) is 0 Å². The predicted molar refractivity (Wildman–Crippen MR) is 153 cm³/mol. The Balaban J connectivity index is 1.25. The first-order valence-electron chi connectivity index (χ1n) is 13.4. The molecule has 0 saturated carbocycles. The van der Waals surface area contributed by atoms with Crippen molar-refractivity contribution in [3.8, 4) is 39.9 Å². The first-order valence-corrected chi connectivity index (χ1v) is 13.4. The zero-order chi connectivity index (χ0) is 29.2. The largest absolute Gasteiger partial charge is 0.497 e. The van der Waals surface area contributed by atoms with Gasteiger partial charge in [0.1, 0.15) is 17.2 Å². The average Bonchev–Trinajstić information content (AvgIpc) is 3.68. The maximum absolute atomic E-state index is 13.9. The van der Waals surface area contributed by atoms with Gasteiger partial charge in [-0.25, -0.2) is 4.68 Å². The number of rotatable bonds is 8. The number of ether oxygens (including phenoxy) is 4. The number of benzene rings is 3. The standard InChI is InChI=1S/C30H29N5O7/c1-39-23-8-9-24(28(16-23)40-2)25-17-26(34(31-25)21-4-6-22(7-5-21)35(37)38)30(36)33-13-11-32(12-14-33)18-20-3-10-27-29(15-20)42-19-41-27/h3-10,15-17H,11-14,18-19H2,1-2H3. The number of amides is 1. The number of non-ortho nitro benzene ring substituents is 1. The molecule has 3 aromatic carbocycles. The highest BCUT2D eigenvalue weighted by molar-refractivity contribution is 5.94. The molecule has 2 aliphatic rings. The number of methoxy groups -OCH3 is 2. The topological polar surface area (TPSA) is 121 Å². The lowest BCUT2D eigenvalue weighted by atomic mass is 10.1. The number of fused-ring (bicyclic) bond motifs is 1. The zero-order valence-corrected chi connectivity index (χ0v) is 23.2. The summed E-state index contributed by atoms with van der Waals surface area (Å²) in [5.41, 5.74) is 3.16. The molecule has 0 aliphatic carbocycles. The Kier molecular flexibility index (Phi) is 7.36. The van der Waals surface area contributed by atoms with Crippen LogP contribution in [0.3, 0.4) is 0 Å².